The average molecular weight is 197 g/mol. The van der Waals surface area contributed by atoms with Crippen molar-refractivity contribution in [1.29, 1.82) is 0 Å². The van der Waals surface area contributed by atoms with E-state index in [1.54, 1.807) is 0 Å². The number of carbonyl (C=O) groups excluding carboxylic acids is 1. The number of rotatable bonds is 7. The highest BCUT2D eigenvalue weighted by molar-refractivity contribution is 5.91. The molecule has 0 saturated heterocycles. The number of hydrogen-bond acceptors (Lipinski definition) is 1. The molecular formula is C12H23NO. The van der Waals surface area contributed by atoms with Gasteiger partial charge in [-0.05, 0) is 26.7 Å². The van der Waals surface area contributed by atoms with Gasteiger partial charge >= 0.3 is 0 Å². The summed E-state index contributed by atoms with van der Waals surface area (Å²) >= 11 is 0. The molecule has 14 heavy (non-hydrogen) atoms. The van der Waals surface area contributed by atoms with Gasteiger partial charge in [-0.15, -0.1) is 0 Å². The fourth-order valence-corrected chi connectivity index (χ4v) is 1.39. The first kappa shape index (κ1) is 13.2. The van der Waals surface area contributed by atoms with Crippen LogP contribution in [0.15, 0.2) is 11.1 Å². The molecule has 0 aliphatic carbocycles. The summed E-state index contributed by atoms with van der Waals surface area (Å²) in [6, 6.07) is 0. The number of allylic oxidation sites excluding steroid dienone is 1. The normalized spacial score (nSPS) is 12.5. The Labute approximate surface area is 87.6 Å². The van der Waals surface area contributed by atoms with E-state index in [1.807, 2.05) is 13.8 Å². The Bertz CT molecular complexity index is 206. The van der Waals surface area contributed by atoms with E-state index in [0.29, 0.717) is 0 Å². The summed E-state index contributed by atoms with van der Waals surface area (Å²) in [5.41, 5.74) is 7.08. The second kappa shape index (κ2) is 7.60. The highest BCUT2D eigenvalue weighted by atomic mass is 16.1. The largest absolute Gasteiger partial charge is 0.366 e. The second-order valence-electron chi connectivity index (χ2n) is 3.93. The fourth-order valence-electron chi connectivity index (χ4n) is 1.39. The lowest BCUT2D eigenvalue weighted by molar-refractivity contribution is -0.114. The number of nitrogens with two attached hydrogens (primary N) is 1. The molecule has 0 spiro atoms. The van der Waals surface area contributed by atoms with Crippen molar-refractivity contribution in [1.82, 2.24) is 0 Å². The zero-order chi connectivity index (χ0) is 11.0. The molecular weight excluding hydrogens is 174 g/mol. The van der Waals surface area contributed by atoms with E-state index < -0.39 is 0 Å². The van der Waals surface area contributed by atoms with Crippen LogP contribution in [0.25, 0.3) is 0 Å². The van der Waals surface area contributed by atoms with E-state index in [1.165, 1.54) is 32.1 Å². The Hall–Kier alpha value is -0.790. The molecule has 2 N–H and O–H groups in total. The van der Waals surface area contributed by atoms with Gasteiger partial charge in [0.25, 0.3) is 0 Å². The first-order chi connectivity index (χ1) is 6.59. The Morgan fingerprint density at radius 1 is 1.07 bits per heavy atom. The van der Waals surface area contributed by atoms with Crippen LogP contribution in [0.3, 0.4) is 0 Å². The summed E-state index contributed by atoms with van der Waals surface area (Å²) in [6.07, 6.45) is 7.35. The van der Waals surface area contributed by atoms with Crippen molar-refractivity contribution in [2.24, 2.45) is 5.73 Å². The molecule has 0 unspecified atom stereocenters. The molecule has 0 aromatic carbocycles. The summed E-state index contributed by atoms with van der Waals surface area (Å²) in [6.45, 7) is 6.02. The molecule has 0 fully saturated rings. The van der Waals surface area contributed by atoms with Gasteiger partial charge < -0.3 is 5.73 Å². The summed E-state index contributed by atoms with van der Waals surface area (Å²) in [7, 11) is 0. The monoisotopic (exact) mass is 197 g/mol. The van der Waals surface area contributed by atoms with Crippen molar-refractivity contribution in [3.8, 4) is 0 Å². The number of carbonyl (C=O) groups is 1. The third-order valence-electron chi connectivity index (χ3n) is 2.67. The minimum Gasteiger partial charge on any atom is -0.366 e. The van der Waals surface area contributed by atoms with Gasteiger partial charge in [-0.1, -0.05) is 38.2 Å². The summed E-state index contributed by atoms with van der Waals surface area (Å²) < 4.78 is 0. The Balaban J connectivity index is 3.68. The number of primary amides is 1. The molecule has 0 heterocycles. The van der Waals surface area contributed by atoms with Gasteiger partial charge in [-0.2, -0.15) is 0 Å². The van der Waals surface area contributed by atoms with E-state index in [-0.39, 0.29) is 5.91 Å². The smallest absolute Gasteiger partial charge is 0.244 e. The molecule has 0 aliphatic rings. The Kier molecular flexibility index (Phi) is 7.17. The number of amides is 1. The van der Waals surface area contributed by atoms with Crippen molar-refractivity contribution >= 4 is 5.91 Å². The van der Waals surface area contributed by atoms with Crippen molar-refractivity contribution in [3.05, 3.63) is 11.1 Å². The van der Waals surface area contributed by atoms with Crippen LogP contribution < -0.4 is 5.73 Å². The van der Waals surface area contributed by atoms with Gasteiger partial charge in [0.2, 0.25) is 5.91 Å². The van der Waals surface area contributed by atoms with E-state index >= 15 is 0 Å². The van der Waals surface area contributed by atoms with Crippen LogP contribution in [0, 0.1) is 0 Å². The standard InChI is InChI=1S/C12H23NO/c1-4-5-6-7-8-9-10(2)11(3)12(13)14/h4-9H2,1-3H3,(H2,13,14). The maximum Gasteiger partial charge on any atom is 0.244 e. The van der Waals surface area contributed by atoms with Crippen molar-refractivity contribution in [2.45, 2.75) is 59.3 Å². The third kappa shape index (κ3) is 5.79. The lowest BCUT2D eigenvalue weighted by Crippen LogP contribution is -2.13. The maximum absolute atomic E-state index is 10.8. The van der Waals surface area contributed by atoms with E-state index in [2.05, 4.69) is 6.92 Å². The lowest BCUT2D eigenvalue weighted by atomic mass is 10.0. The quantitative estimate of drug-likeness (QED) is 0.494. The molecule has 2 heteroatoms. The first-order valence-electron chi connectivity index (χ1n) is 5.55. The first-order valence-corrected chi connectivity index (χ1v) is 5.55. The Morgan fingerprint density at radius 3 is 2.14 bits per heavy atom. The molecule has 1 amide bonds. The van der Waals surface area contributed by atoms with Crippen LogP contribution >= 0.6 is 0 Å². The van der Waals surface area contributed by atoms with Crippen LogP contribution in [-0.4, -0.2) is 5.91 Å². The predicted molar refractivity (Wildman–Crippen MR) is 60.9 cm³/mol. The van der Waals surface area contributed by atoms with Gasteiger partial charge in [0.15, 0.2) is 0 Å². The van der Waals surface area contributed by atoms with E-state index in [9.17, 15) is 4.79 Å². The van der Waals surface area contributed by atoms with Crippen LogP contribution in [0.5, 0.6) is 0 Å². The summed E-state index contributed by atoms with van der Waals surface area (Å²) in [4.78, 5) is 10.8. The van der Waals surface area contributed by atoms with Gasteiger partial charge in [-0.25, -0.2) is 0 Å². The molecule has 0 radical (unpaired) electrons. The van der Waals surface area contributed by atoms with Crippen LogP contribution in [0.4, 0.5) is 0 Å². The highest BCUT2D eigenvalue weighted by Crippen LogP contribution is 2.13. The molecule has 0 saturated carbocycles. The number of unbranched alkanes of at least 4 members (excludes halogenated alkanes) is 4. The van der Waals surface area contributed by atoms with Crippen LogP contribution in [-0.2, 0) is 4.79 Å². The lowest BCUT2D eigenvalue weighted by Gasteiger charge is -2.04. The van der Waals surface area contributed by atoms with E-state index in [0.717, 1.165) is 17.6 Å². The molecule has 0 rings (SSSR count). The van der Waals surface area contributed by atoms with Gasteiger partial charge in [-0.3, -0.25) is 4.79 Å². The van der Waals surface area contributed by atoms with Crippen molar-refractivity contribution in [2.75, 3.05) is 0 Å². The number of hydrogen-bond donors (Lipinski definition) is 1. The summed E-state index contributed by atoms with van der Waals surface area (Å²) in [5, 5.41) is 0. The van der Waals surface area contributed by atoms with Gasteiger partial charge in [0, 0.05) is 5.57 Å². The molecule has 0 aromatic heterocycles. The zero-order valence-electron chi connectivity index (χ0n) is 9.73. The minimum atomic E-state index is -0.281. The molecule has 0 aliphatic heterocycles. The molecule has 82 valence electrons. The molecule has 2 nitrogen and oxygen atoms in total. The average Bonchev–Trinajstić information content (AvgIpc) is 2.16. The van der Waals surface area contributed by atoms with Crippen LogP contribution in [0.2, 0.25) is 0 Å². The maximum atomic E-state index is 10.8. The van der Waals surface area contributed by atoms with Crippen molar-refractivity contribution in [3.63, 3.8) is 0 Å². The second-order valence-corrected chi connectivity index (χ2v) is 3.93. The van der Waals surface area contributed by atoms with E-state index in [4.69, 9.17) is 5.73 Å². The summed E-state index contributed by atoms with van der Waals surface area (Å²) in [5.74, 6) is -0.281. The SMILES string of the molecule is CCCCCCCC(C)=C(C)C(N)=O. The highest BCUT2D eigenvalue weighted by Gasteiger charge is 2.02. The Morgan fingerprint density at radius 2 is 1.64 bits per heavy atom. The third-order valence-corrected chi connectivity index (χ3v) is 2.67. The molecule has 0 aromatic rings. The minimum absolute atomic E-state index is 0.281. The van der Waals surface area contributed by atoms with Gasteiger partial charge in [0.1, 0.15) is 0 Å². The van der Waals surface area contributed by atoms with Crippen LogP contribution in [0.1, 0.15) is 59.3 Å². The fraction of sp³-hybridized carbons (Fsp3) is 0.750. The molecule has 0 atom stereocenters. The van der Waals surface area contributed by atoms with Crippen molar-refractivity contribution < 1.29 is 4.79 Å². The zero-order valence-corrected chi connectivity index (χ0v) is 9.73. The topological polar surface area (TPSA) is 43.1 Å². The molecule has 0 bridgehead atoms. The predicted octanol–water partition coefficient (Wildman–Crippen LogP) is 3.17. The van der Waals surface area contributed by atoms with Gasteiger partial charge in [0.05, 0.1) is 0 Å².